The first-order valence-corrected chi connectivity index (χ1v) is 8.02. The Morgan fingerprint density at radius 1 is 1.10 bits per heavy atom. The number of hydrogen-bond donors (Lipinski definition) is 1. The summed E-state index contributed by atoms with van der Waals surface area (Å²) in [4.78, 5) is 12.7. The summed E-state index contributed by atoms with van der Waals surface area (Å²) in [5, 5.41) is 3.65. The molecule has 2 heteroatoms. The number of hydrogen-bond acceptors (Lipinski definition) is 2. The molecule has 1 aromatic carbocycles. The van der Waals surface area contributed by atoms with E-state index in [0.717, 1.165) is 23.5 Å². The van der Waals surface area contributed by atoms with Gasteiger partial charge in [0.15, 0.2) is 5.78 Å². The lowest BCUT2D eigenvalue weighted by molar-refractivity contribution is 0.0861. The molecule has 1 aromatic rings. The van der Waals surface area contributed by atoms with E-state index in [1.54, 1.807) is 0 Å². The lowest BCUT2D eigenvalue weighted by Gasteiger charge is -2.40. The Balaban J connectivity index is 1.74. The highest BCUT2D eigenvalue weighted by atomic mass is 16.1. The van der Waals surface area contributed by atoms with Crippen molar-refractivity contribution in [1.82, 2.24) is 5.32 Å². The van der Waals surface area contributed by atoms with Crippen LogP contribution in [0.15, 0.2) is 18.2 Å². The normalized spacial score (nSPS) is 29.8. The predicted octanol–water partition coefficient (Wildman–Crippen LogP) is 3.80. The first kappa shape index (κ1) is 13.8. The second-order valence-electron chi connectivity index (χ2n) is 6.63. The van der Waals surface area contributed by atoms with Crippen molar-refractivity contribution in [2.75, 3.05) is 0 Å². The zero-order chi connectivity index (χ0) is 14.1. The number of carbonyl (C=O) groups is 1. The Morgan fingerprint density at radius 3 is 2.70 bits per heavy atom. The number of Topliss-reactive ketones (excluding diaryl/α,β-unsaturated/α-hetero) is 1. The van der Waals surface area contributed by atoms with Gasteiger partial charge in [-0.1, -0.05) is 36.6 Å². The average molecular weight is 271 g/mol. The maximum Gasteiger partial charge on any atom is 0.179 e. The molecule has 0 radical (unpaired) electrons. The molecule has 1 heterocycles. The number of rotatable bonds is 2. The molecule has 0 bridgehead atoms. The van der Waals surface area contributed by atoms with Crippen LogP contribution < -0.4 is 5.32 Å². The topological polar surface area (TPSA) is 29.1 Å². The van der Waals surface area contributed by atoms with Crippen LogP contribution in [0.2, 0.25) is 0 Å². The van der Waals surface area contributed by atoms with Crippen LogP contribution >= 0.6 is 0 Å². The van der Waals surface area contributed by atoms with Gasteiger partial charge in [-0.2, -0.15) is 0 Å². The van der Waals surface area contributed by atoms with E-state index in [1.165, 1.54) is 37.7 Å². The van der Waals surface area contributed by atoms with Gasteiger partial charge in [-0.25, -0.2) is 0 Å². The van der Waals surface area contributed by atoms with Crippen LogP contribution in [-0.4, -0.2) is 17.9 Å². The van der Waals surface area contributed by atoms with Crippen molar-refractivity contribution < 1.29 is 4.79 Å². The fraction of sp³-hybridized carbons (Fsp3) is 0.611. The first-order valence-electron chi connectivity index (χ1n) is 8.02. The summed E-state index contributed by atoms with van der Waals surface area (Å²) in [6.07, 6.45) is 7.52. The minimum absolute atomic E-state index is 0.0377. The fourth-order valence-corrected chi connectivity index (χ4v) is 3.98. The van der Waals surface area contributed by atoms with Crippen molar-refractivity contribution in [3.8, 4) is 0 Å². The van der Waals surface area contributed by atoms with Crippen molar-refractivity contribution in [1.29, 1.82) is 0 Å². The molecule has 20 heavy (non-hydrogen) atoms. The molecular formula is C18H25NO. The van der Waals surface area contributed by atoms with Gasteiger partial charge in [-0.3, -0.25) is 4.79 Å². The number of piperidine rings is 1. The summed E-state index contributed by atoms with van der Waals surface area (Å²) in [5.74, 6) is 1.11. The quantitative estimate of drug-likeness (QED) is 0.829. The molecule has 3 unspecified atom stereocenters. The fourth-order valence-electron chi connectivity index (χ4n) is 3.98. The van der Waals surface area contributed by atoms with Gasteiger partial charge in [0, 0.05) is 11.6 Å². The molecule has 0 spiro atoms. The summed E-state index contributed by atoms with van der Waals surface area (Å²) in [5.41, 5.74) is 3.24. The highest BCUT2D eigenvalue weighted by molar-refractivity contribution is 6.01. The Kier molecular flexibility index (Phi) is 3.93. The molecular weight excluding hydrogens is 246 g/mol. The zero-order valence-corrected chi connectivity index (χ0v) is 12.6. The van der Waals surface area contributed by atoms with Crippen molar-refractivity contribution in [2.45, 2.75) is 64.5 Å². The predicted molar refractivity (Wildman–Crippen MR) is 82.2 cm³/mol. The van der Waals surface area contributed by atoms with Crippen molar-refractivity contribution >= 4 is 5.78 Å². The third-order valence-electron chi connectivity index (χ3n) is 5.11. The molecule has 3 rings (SSSR count). The smallest absolute Gasteiger partial charge is 0.179 e. The molecule has 0 amide bonds. The summed E-state index contributed by atoms with van der Waals surface area (Å²) < 4.78 is 0. The van der Waals surface area contributed by atoms with Crippen LogP contribution in [0.1, 0.15) is 60.0 Å². The van der Waals surface area contributed by atoms with E-state index in [-0.39, 0.29) is 6.04 Å². The summed E-state index contributed by atoms with van der Waals surface area (Å²) in [7, 11) is 0. The standard InChI is InChI=1S/C18H25NO/c1-12-7-9-15(13(2)11-12)18(20)17-10-8-14-5-3-4-6-16(14)19-17/h7,9,11,14,16-17,19H,3-6,8,10H2,1-2H3. The van der Waals surface area contributed by atoms with Crippen LogP contribution in [0.4, 0.5) is 0 Å². The molecule has 3 atom stereocenters. The number of aryl methyl sites for hydroxylation is 2. The Bertz CT molecular complexity index is 508. The maximum absolute atomic E-state index is 12.7. The monoisotopic (exact) mass is 271 g/mol. The van der Waals surface area contributed by atoms with Crippen LogP contribution in [-0.2, 0) is 0 Å². The largest absolute Gasteiger partial charge is 0.304 e. The van der Waals surface area contributed by atoms with Gasteiger partial charge < -0.3 is 5.32 Å². The number of fused-ring (bicyclic) bond motifs is 1. The minimum Gasteiger partial charge on any atom is -0.304 e. The van der Waals surface area contributed by atoms with Crippen molar-refractivity contribution in [3.63, 3.8) is 0 Å². The average Bonchev–Trinajstić information content (AvgIpc) is 2.46. The summed E-state index contributed by atoms with van der Waals surface area (Å²) in [6, 6.07) is 6.78. The lowest BCUT2D eigenvalue weighted by atomic mass is 9.76. The summed E-state index contributed by atoms with van der Waals surface area (Å²) >= 11 is 0. The number of nitrogens with one attached hydrogen (secondary N) is 1. The van der Waals surface area contributed by atoms with Crippen LogP contribution in [0, 0.1) is 19.8 Å². The molecule has 2 fully saturated rings. The van der Waals surface area contributed by atoms with Gasteiger partial charge in [-0.15, -0.1) is 0 Å². The van der Waals surface area contributed by atoms with Crippen LogP contribution in [0.25, 0.3) is 0 Å². The Morgan fingerprint density at radius 2 is 1.90 bits per heavy atom. The first-order chi connectivity index (χ1) is 9.65. The van der Waals surface area contributed by atoms with Gasteiger partial charge in [-0.05, 0) is 51.0 Å². The van der Waals surface area contributed by atoms with Crippen LogP contribution in [0.3, 0.4) is 0 Å². The van der Waals surface area contributed by atoms with Gasteiger partial charge in [0.1, 0.15) is 0 Å². The molecule has 2 aliphatic rings. The third kappa shape index (κ3) is 2.67. The van der Waals surface area contributed by atoms with E-state index in [1.807, 2.05) is 19.1 Å². The minimum atomic E-state index is 0.0377. The number of carbonyl (C=O) groups excluding carboxylic acids is 1. The van der Waals surface area contributed by atoms with Gasteiger partial charge in [0.25, 0.3) is 0 Å². The van der Waals surface area contributed by atoms with Crippen molar-refractivity contribution in [3.05, 3.63) is 34.9 Å². The summed E-state index contributed by atoms with van der Waals surface area (Å²) in [6.45, 7) is 4.12. The van der Waals surface area contributed by atoms with Gasteiger partial charge in [0.2, 0.25) is 0 Å². The Labute approximate surface area is 122 Å². The second kappa shape index (κ2) is 5.69. The third-order valence-corrected chi connectivity index (χ3v) is 5.11. The van der Waals surface area contributed by atoms with Crippen LogP contribution in [0.5, 0.6) is 0 Å². The van der Waals surface area contributed by atoms with E-state index in [0.29, 0.717) is 11.8 Å². The molecule has 1 aliphatic carbocycles. The molecule has 2 nitrogen and oxygen atoms in total. The molecule has 0 aromatic heterocycles. The van der Waals surface area contributed by atoms with Gasteiger partial charge >= 0.3 is 0 Å². The SMILES string of the molecule is Cc1ccc(C(=O)C2CCC3CCCCC3N2)c(C)c1. The number of ketones is 1. The maximum atomic E-state index is 12.7. The molecule has 1 saturated heterocycles. The van der Waals surface area contributed by atoms with E-state index >= 15 is 0 Å². The lowest BCUT2D eigenvalue weighted by Crippen LogP contribution is -2.52. The Hall–Kier alpha value is -1.15. The highest BCUT2D eigenvalue weighted by Crippen LogP contribution is 2.33. The van der Waals surface area contributed by atoms with Gasteiger partial charge in [0.05, 0.1) is 6.04 Å². The van der Waals surface area contributed by atoms with E-state index in [4.69, 9.17) is 0 Å². The van der Waals surface area contributed by atoms with E-state index < -0.39 is 0 Å². The van der Waals surface area contributed by atoms with E-state index in [9.17, 15) is 4.79 Å². The second-order valence-corrected chi connectivity index (χ2v) is 6.63. The van der Waals surface area contributed by atoms with Crippen molar-refractivity contribution in [2.24, 2.45) is 5.92 Å². The molecule has 108 valence electrons. The van der Waals surface area contributed by atoms with E-state index in [2.05, 4.69) is 18.3 Å². The number of benzene rings is 1. The highest BCUT2D eigenvalue weighted by Gasteiger charge is 2.34. The zero-order valence-electron chi connectivity index (χ0n) is 12.6. The molecule has 1 aliphatic heterocycles. The molecule has 1 saturated carbocycles. The molecule has 1 N–H and O–H groups in total.